The number of aryl methyl sites for hydroxylation is 2. The minimum atomic E-state index is -0.676. The van der Waals surface area contributed by atoms with E-state index in [0.29, 0.717) is 28.6 Å². The summed E-state index contributed by atoms with van der Waals surface area (Å²) in [5.74, 6) is -0.0337. The zero-order valence-electron chi connectivity index (χ0n) is 18.6. The SMILES string of the molecule is COc1cc(C2c3c(oc4cc(C)c(C)cc4c3=O)C(=O)N2Cc2ccccc2)ccc1O. The van der Waals surface area contributed by atoms with Crippen molar-refractivity contribution in [2.24, 2.45) is 0 Å². The number of hydrogen-bond donors (Lipinski definition) is 1. The van der Waals surface area contributed by atoms with Crippen molar-refractivity contribution >= 4 is 16.9 Å². The van der Waals surface area contributed by atoms with E-state index in [0.717, 1.165) is 16.7 Å². The molecule has 33 heavy (non-hydrogen) atoms. The number of aromatic hydroxyl groups is 1. The fourth-order valence-electron chi connectivity index (χ4n) is 4.43. The van der Waals surface area contributed by atoms with Gasteiger partial charge in [-0.15, -0.1) is 0 Å². The van der Waals surface area contributed by atoms with Crippen molar-refractivity contribution in [1.82, 2.24) is 4.90 Å². The van der Waals surface area contributed by atoms with E-state index in [1.807, 2.05) is 50.2 Å². The molecule has 1 aliphatic heterocycles. The molecule has 0 bridgehead atoms. The predicted octanol–water partition coefficient (Wildman–Crippen LogP) is 4.87. The number of fused-ring (bicyclic) bond motifs is 2. The van der Waals surface area contributed by atoms with Crippen LogP contribution in [0.4, 0.5) is 0 Å². The van der Waals surface area contributed by atoms with Gasteiger partial charge in [0.1, 0.15) is 5.58 Å². The molecule has 1 N–H and O–H groups in total. The predicted molar refractivity (Wildman–Crippen MR) is 125 cm³/mol. The number of phenolic OH excluding ortho intramolecular Hbond substituents is 1. The number of amides is 1. The van der Waals surface area contributed by atoms with Gasteiger partial charge in [-0.3, -0.25) is 9.59 Å². The number of carbonyl (C=O) groups is 1. The molecule has 6 nitrogen and oxygen atoms in total. The molecule has 1 amide bonds. The van der Waals surface area contributed by atoms with Crippen LogP contribution in [-0.4, -0.2) is 23.0 Å². The molecule has 0 saturated carbocycles. The van der Waals surface area contributed by atoms with E-state index < -0.39 is 6.04 Å². The Kier molecular flexibility index (Phi) is 4.93. The molecule has 4 aromatic rings. The number of rotatable bonds is 4. The zero-order valence-corrected chi connectivity index (χ0v) is 18.6. The van der Waals surface area contributed by atoms with Crippen molar-refractivity contribution in [3.63, 3.8) is 0 Å². The first-order valence-electron chi connectivity index (χ1n) is 10.7. The van der Waals surface area contributed by atoms with Gasteiger partial charge < -0.3 is 19.2 Å². The van der Waals surface area contributed by atoms with Crippen LogP contribution >= 0.6 is 0 Å². The maximum absolute atomic E-state index is 13.7. The first-order chi connectivity index (χ1) is 15.9. The normalized spacial score (nSPS) is 15.2. The number of methoxy groups -OCH3 is 1. The third kappa shape index (κ3) is 3.35. The van der Waals surface area contributed by atoms with Crippen LogP contribution in [0.5, 0.6) is 11.5 Å². The molecule has 166 valence electrons. The van der Waals surface area contributed by atoms with E-state index in [-0.39, 0.29) is 28.6 Å². The summed E-state index contributed by atoms with van der Waals surface area (Å²) in [5.41, 5.74) is 4.02. The third-order valence-electron chi connectivity index (χ3n) is 6.30. The summed E-state index contributed by atoms with van der Waals surface area (Å²) >= 11 is 0. The van der Waals surface area contributed by atoms with E-state index in [4.69, 9.17) is 9.15 Å². The second kappa shape index (κ2) is 7.81. The smallest absolute Gasteiger partial charge is 0.291 e. The molecule has 2 heterocycles. The first kappa shape index (κ1) is 20.8. The van der Waals surface area contributed by atoms with Gasteiger partial charge in [0.05, 0.1) is 24.1 Å². The molecule has 1 aromatic heterocycles. The number of hydrogen-bond acceptors (Lipinski definition) is 5. The summed E-state index contributed by atoms with van der Waals surface area (Å²) in [6.45, 7) is 4.18. The van der Waals surface area contributed by atoms with Gasteiger partial charge in [0.25, 0.3) is 5.91 Å². The maximum atomic E-state index is 13.7. The largest absolute Gasteiger partial charge is 0.504 e. The van der Waals surface area contributed by atoms with Crippen LogP contribution < -0.4 is 10.2 Å². The summed E-state index contributed by atoms with van der Waals surface area (Å²) < 4.78 is 11.3. The van der Waals surface area contributed by atoms with Gasteiger partial charge in [0.15, 0.2) is 16.9 Å². The molecule has 1 atom stereocenters. The van der Waals surface area contributed by atoms with Crippen LogP contribution in [0.1, 0.15) is 44.4 Å². The molecule has 0 aliphatic carbocycles. The van der Waals surface area contributed by atoms with Gasteiger partial charge in [0.2, 0.25) is 5.76 Å². The van der Waals surface area contributed by atoms with Crippen molar-refractivity contribution in [3.05, 3.63) is 104 Å². The fourth-order valence-corrected chi connectivity index (χ4v) is 4.43. The van der Waals surface area contributed by atoms with Gasteiger partial charge in [-0.2, -0.15) is 0 Å². The fraction of sp³-hybridized carbons (Fsp3) is 0.185. The van der Waals surface area contributed by atoms with Gasteiger partial charge in [0, 0.05) is 6.54 Å². The molecule has 5 rings (SSSR count). The molecule has 3 aromatic carbocycles. The van der Waals surface area contributed by atoms with Crippen molar-refractivity contribution < 1.29 is 19.1 Å². The number of ether oxygens (including phenoxy) is 1. The van der Waals surface area contributed by atoms with Crippen LogP contribution in [0, 0.1) is 13.8 Å². The quantitative estimate of drug-likeness (QED) is 0.489. The van der Waals surface area contributed by atoms with E-state index >= 15 is 0 Å². The lowest BCUT2D eigenvalue weighted by Gasteiger charge is -2.25. The third-order valence-corrected chi connectivity index (χ3v) is 6.30. The van der Waals surface area contributed by atoms with Crippen LogP contribution in [0.15, 0.2) is 69.9 Å². The lowest BCUT2D eigenvalue weighted by atomic mass is 9.97. The van der Waals surface area contributed by atoms with E-state index in [1.165, 1.54) is 13.2 Å². The molecule has 0 saturated heterocycles. The first-order valence-corrected chi connectivity index (χ1v) is 10.7. The van der Waals surface area contributed by atoms with Crippen LogP contribution in [0.3, 0.4) is 0 Å². The lowest BCUT2D eigenvalue weighted by Crippen LogP contribution is -2.29. The molecule has 0 fully saturated rings. The van der Waals surface area contributed by atoms with Crippen molar-refractivity contribution in [3.8, 4) is 11.5 Å². The summed E-state index contributed by atoms with van der Waals surface area (Å²) in [7, 11) is 1.46. The summed E-state index contributed by atoms with van der Waals surface area (Å²) in [4.78, 5) is 28.9. The number of phenols is 1. The zero-order chi connectivity index (χ0) is 23.3. The second-order valence-electron chi connectivity index (χ2n) is 8.36. The average Bonchev–Trinajstić information content (AvgIpc) is 3.08. The number of nitrogens with zero attached hydrogens (tertiary/aromatic N) is 1. The Hall–Kier alpha value is -4.06. The van der Waals surface area contributed by atoms with Crippen molar-refractivity contribution in [2.75, 3.05) is 7.11 Å². The molecular weight excluding hydrogens is 418 g/mol. The van der Waals surface area contributed by atoms with E-state index in [2.05, 4.69) is 0 Å². The van der Waals surface area contributed by atoms with Crippen molar-refractivity contribution in [1.29, 1.82) is 0 Å². The Bertz CT molecular complexity index is 1460. The molecule has 0 radical (unpaired) electrons. The van der Waals surface area contributed by atoms with Gasteiger partial charge in [-0.05, 0) is 60.4 Å². The summed E-state index contributed by atoms with van der Waals surface area (Å²) in [6.07, 6.45) is 0. The highest BCUT2D eigenvalue weighted by Crippen LogP contribution is 2.41. The number of carbonyl (C=O) groups excluding carboxylic acids is 1. The highest BCUT2D eigenvalue weighted by atomic mass is 16.5. The summed E-state index contributed by atoms with van der Waals surface area (Å²) in [6, 6.07) is 17.4. The van der Waals surface area contributed by atoms with Crippen LogP contribution in [0.25, 0.3) is 11.0 Å². The standard InChI is InChI=1S/C27H23NO5/c1-15-11-19-21(12-16(15)2)33-26-23(25(19)30)24(18-9-10-20(29)22(13-18)32-3)28(27(26)31)14-17-7-5-4-6-8-17/h4-13,24,29H,14H2,1-3H3. The Morgan fingerprint density at radius 1 is 1.00 bits per heavy atom. The van der Waals surface area contributed by atoms with Crippen molar-refractivity contribution in [2.45, 2.75) is 26.4 Å². The molecule has 1 unspecified atom stereocenters. The molecular formula is C27H23NO5. The molecule has 6 heteroatoms. The van der Waals surface area contributed by atoms with Gasteiger partial charge >= 0.3 is 0 Å². The van der Waals surface area contributed by atoms with Crippen LogP contribution in [-0.2, 0) is 6.54 Å². The maximum Gasteiger partial charge on any atom is 0.291 e. The topological polar surface area (TPSA) is 80.0 Å². The van der Waals surface area contributed by atoms with Gasteiger partial charge in [-0.25, -0.2) is 0 Å². The second-order valence-corrected chi connectivity index (χ2v) is 8.36. The Labute approximate surface area is 190 Å². The minimum Gasteiger partial charge on any atom is -0.504 e. The lowest BCUT2D eigenvalue weighted by molar-refractivity contribution is 0.0714. The van der Waals surface area contributed by atoms with Gasteiger partial charge in [-0.1, -0.05) is 36.4 Å². The number of benzene rings is 3. The average molecular weight is 441 g/mol. The summed E-state index contributed by atoms with van der Waals surface area (Å²) in [5, 5.41) is 10.5. The Balaban J connectivity index is 1.76. The molecule has 1 aliphatic rings. The van der Waals surface area contributed by atoms with Crippen LogP contribution in [0.2, 0.25) is 0 Å². The van der Waals surface area contributed by atoms with E-state index in [1.54, 1.807) is 23.1 Å². The molecule has 0 spiro atoms. The Morgan fingerprint density at radius 3 is 2.45 bits per heavy atom. The highest BCUT2D eigenvalue weighted by Gasteiger charge is 2.43. The minimum absolute atomic E-state index is 0.0166. The van der Waals surface area contributed by atoms with E-state index in [9.17, 15) is 14.7 Å². The Morgan fingerprint density at radius 2 is 1.73 bits per heavy atom. The monoisotopic (exact) mass is 441 g/mol. The highest BCUT2D eigenvalue weighted by molar-refractivity contribution is 5.99.